The Morgan fingerprint density at radius 3 is 2.68 bits per heavy atom. The normalized spacial score (nSPS) is 13.6. The van der Waals surface area contributed by atoms with Crippen LogP contribution in [0.5, 0.6) is 0 Å². The number of nitrogens with two attached hydrogens (primary N) is 1. The number of aromatic nitrogens is 1. The van der Waals surface area contributed by atoms with Crippen molar-refractivity contribution >= 4 is 17.2 Å². The minimum absolute atomic E-state index is 0.0521. The summed E-state index contributed by atoms with van der Waals surface area (Å²) in [6.07, 6.45) is 3.24. The fourth-order valence-corrected chi connectivity index (χ4v) is 2.89. The number of carbonyl (C=O) groups excluding carboxylic acids is 1. The first-order chi connectivity index (χ1) is 8.85. The van der Waals surface area contributed by atoms with Gasteiger partial charge in [0.25, 0.3) is 0 Å². The Balaban J connectivity index is 2.54. The number of nitrogens with zero attached hydrogens (tertiary/aromatic N) is 1. The molecule has 0 aromatic carbocycles. The highest BCUT2D eigenvalue weighted by molar-refractivity contribution is 7.09. The monoisotopic (exact) mass is 283 g/mol. The highest BCUT2D eigenvalue weighted by Gasteiger charge is 2.26. The lowest BCUT2D eigenvalue weighted by Crippen LogP contribution is -2.42. The van der Waals surface area contributed by atoms with Gasteiger partial charge in [-0.15, -0.1) is 11.3 Å². The molecule has 1 aromatic rings. The van der Waals surface area contributed by atoms with E-state index >= 15 is 0 Å². The Labute approximate surface area is 119 Å². The number of thiazole rings is 1. The average Bonchev–Trinajstić information content (AvgIpc) is 2.80. The molecular formula is C14H25N3OS. The zero-order valence-electron chi connectivity index (χ0n) is 12.3. The van der Waals surface area contributed by atoms with Gasteiger partial charge < -0.3 is 11.1 Å². The Kier molecular flexibility index (Phi) is 5.94. The van der Waals surface area contributed by atoms with E-state index < -0.39 is 5.54 Å². The maximum Gasteiger partial charge on any atom is 0.221 e. The lowest BCUT2D eigenvalue weighted by atomic mass is 9.93. The van der Waals surface area contributed by atoms with E-state index in [0.29, 0.717) is 18.9 Å². The molecular weight excluding hydrogens is 258 g/mol. The van der Waals surface area contributed by atoms with E-state index in [-0.39, 0.29) is 11.8 Å². The highest BCUT2D eigenvalue weighted by atomic mass is 32.1. The fraction of sp³-hybridized carbons (Fsp3) is 0.714. The van der Waals surface area contributed by atoms with Gasteiger partial charge >= 0.3 is 0 Å². The number of hydrogen-bond acceptors (Lipinski definition) is 4. The molecule has 0 aliphatic heterocycles. The van der Waals surface area contributed by atoms with Crippen molar-refractivity contribution in [2.24, 2.45) is 17.6 Å². The number of carbonyl (C=O) groups is 1. The molecule has 19 heavy (non-hydrogen) atoms. The third-order valence-electron chi connectivity index (χ3n) is 3.03. The first-order valence-electron chi connectivity index (χ1n) is 6.76. The molecule has 1 atom stereocenters. The Morgan fingerprint density at radius 2 is 2.21 bits per heavy atom. The van der Waals surface area contributed by atoms with Crippen LogP contribution in [0.25, 0.3) is 0 Å². The van der Waals surface area contributed by atoms with Gasteiger partial charge in [-0.05, 0) is 38.6 Å². The van der Waals surface area contributed by atoms with Crippen LogP contribution in [0.3, 0.4) is 0 Å². The Bertz CT molecular complexity index is 387. The summed E-state index contributed by atoms with van der Waals surface area (Å²) in [5, 5.41) is 5.90. The third-order valence-corrected chi connectivity index (χ3v) is 4.13. The molecule has 1 rings (SSSR count). The van der Waals surface area contributed by atoms with Gasteiger partial charge in [-0.3, -0.25) is 4.79 Å². The number of amides is 1. The largest absolute Gasteiger partial charge is 0.345 e. The highest BCUT2D eigenvalue weighted by Crippen LogP contribution is 2.23. The van der Waals surface area contributed by atoms with E-state index in [1.165, 1.54) is 0 Å². The predicted molar refractivity (Wildman–Crippen MR) is 79.9 cm³/mol. The van der Waals surface area contributed by atoms with Crippen LogP contribution in [0.4, 0.5) is 0 Å². The molecule has 1 amide bonds. The molecule has 0 fully saturated rings. The molecule has 0 saturated heterocycles. The molecule has 108 valence electrons. The summed E-state index contributed by atoms with van der Waals surface area (Å²) in [6.45, 7) is 8.82. The molecule has 5 heteroatoms. The zero-order valence-corrected chi connectivity index (χ0v) is 13.1. The smallest absolute Gasteiger partial charge is 0.221 e. The van der Waals surface area contributed by atoms with Gasteiger partial charge in [-0.25, -0.2) is 4.98 Å². The fourth-order valence-electron chi connectivity index (χ4n) is 2.18. The van der Waals surface area contributed by atoms with E-state index in [0.717, 1.165) is 11.4 Å². The van der Waals surface area contributed by atoms with Crippen molar-refractivity contribution in [2.45, 2.75) is 46.1 Å². The standard InChI is InChI=1S/C14H25N3OS/c1-10(2)7-11(9-15)8-12(18)17-14(3,4)13-16-5-6-19-13/h5-6,10-11H,7-9,15H2,1-4H3,(H,17,18)/t11-/m0/s1. The van der Waals surface area contributed by atoms with E-state index in [1.807, 2.05) is 19.2 Å². The van der Waals surface area contributed by atoms with Crippen molar-refractivity contribution in [3.63, 3.8) is 0 Å². The average molecular weight is 283 g/mol. The van der Waals surface area contributed by atoms with E-state index in [9.17, 15) is 4.79 Å². The third kappa shape index (κ3) is 5.28. The molecule has 3 N–H and O–H groups in total. The summed E-state index contributed by atoms with van der Waals surface area (Å²) in [7, 11) is 0. The molecule has 0 radical (unpaired) electrons. The molecule has 1 heterocycles. The summed E-state index contributed by atoms with van der Waals surface area (Å²) >= 11 is 1.56. The van der Waals surface area contributed by atoms with Crippen molar-refractivity contribution in [1.82, 2.24) is 10.3 Å². The van der Waals surface area contributed by atoms with E-state index in [1.54, 1.807) is 17.5 Å². The van der Waals surface area contributed by atoms with Gasteiger partial charge in [0, 0.05) is 18.0 Å². The molecule has 0 unspecified atom stereocenters. The number of rotatable bonds is 7. The first kappa shape index (κ1) is 16.1. The summed E-state index contributed by atoms with van der Waals surface area (Å²) in [5.74, 6) is 0.872. The van der Waals surface area contributed by atoms with Crippen LogP contribution in [0, 0.1) is 11.8 Å². The van der Waals surface area contributed by atoms with Crippen LogP contribution >= 0.6 is 11.3 Å². The van der Waals surface area contributed by atoms with Crippen molar-refractivity contribution < 1.29 is 4.79 Å². The Hall–Kier alpha value is -0.940. The second kappa shape index (κ2) is 7.01. The number of hydrogen-bond donors (Lipinski definition) is 2. The van der Waals surface area contributed by atoms with Crippen LogP contribution in [0.15, 0.2) is 11.6 Å². The molecule has 0 saturated carbocycles. The minimum Gasteiger partial charge on any atom is -0.345 e. The maximum absolute atomic E-state index is 12.1. The topological polar surface area (TPSA) is 68.0 Å². The van der Waals surface area contributed by atoms with E-state index in [2.05, 4.69) is 24.1 Å². The van der Waals surface area contributed by atoms with Crippen molar-refractivity contribution in [3.05, 3.63) is 16.6 Å². The summed E-state index contributed by atoms with van der Waals surface area (Å²) in [5.41, 5.74) is 5.32. The molecule has 1 aromatic heterocycles. The van der Waals surface area contributed by atoms with E-state index in [4.69, 9.17) is 5.73 Å². The van der Waals surface area contributed by atoms with Crippen molar-refractivity contribution in [2.75, 3.05) is 6.54 Å². The van der Waals surface area contributed by atoms with Crippen LogP contribution < -0.4 is 11.1 Å². The SMILES string of the molecule is CC(C)C[C@H](CN)CC(=O)NC(C)(C)c1nccs1. The second-order valence-corrected chi connectivity index (χ2v) is 6.84. The van der Waals surface area contributed by atoms with Gasteiger partial charge in [-0.1, -0.05) is 13.8 Å². The molecule has 0 aliphatic rings. The van der Waals surface area contributed by atoms with Gasteiger partial charge in [-0.2, -0.15) is 0 Å². The Morgan fingerprint density at radius 1 is 1.53 bits per heavy atom. The van der Waals surface area contributed by atoms with Gasteiger partial charge in [0.05, 0.1) is 5.54 Å². The zero-order chi connectivity index (χ0) is 14.5. The second-order valence-electron chi connectivity index (χ2n) is 5.95. The van der Waals surface area contributed by atoms with Crippen molar-refractivity contribution in [3.8, 4) is 0 Å². The van der Waals surface area contributed by atoms with Gasteiger partial charge in [0.1, 0.15) is 5.01 Å². The maximum atomic E-state index is 12.1. The van der Waals surface area contributed by atoms with Gasteiger partial charge in [0.15, 0.2) is 0 Å². The van der Waals surface area contributed by atoms with Crippen LogP contribution in [0.2, 0.25) is 0 Å². The predicted octanol–water partition coefficient (Wildman–Crippen LogP) is 2.51. The van der Waals surface area contributed by atoms with Crippen molar-refractivity contribution in [1.29, 1.82) is 0 Å². The lowest BCUT2D eigenvalue weighted by Gasteiger charge is -2.25. The molecule has 0 aliphatic carbocycles. The number of nitrogens with one attached hydrogen (secondary N) is 1. The van der Waals surface area contributed by atoms with Crippen LogP contribution in [-0.2, 0) is 10.3 Å². The summed E-state index contributed by atoms with van der Waals surface area (Å²) in [6, 6.07) is 0. The summed E-state index contributed by atoms with van der Waals surface area (Å²) < 4.78 is 0. The quantitative estimate of drug-likeness (QED) is 0.808. The van der Waals surface area contributed by atoms with Crippen LogP contribution in [0.1, 0.15) is 45.5 Å². The lowest BCUT2D eigenvalue weighted by molar-refractivity contribution is -0.123. The van der Waals surface area contributed by atoms with Gasteiger partial charge in [0.2, 0.25) is 5.91 Å². The molecule has 0 bridgehead atoms. The minimum atomic E-state index is -0.414. The van der Waals surface area contributed by atoms with Crippen LogP contribution in [-0.4, -0.2) is 17.4 Å². The summed E-state index contributed by atoms with van der Waals surface area (Å²) in [4.78, 5) is 16.4. The molecule has 4 nitrogen and oxygen atoms in total. The molecule has 0 spiro atoms. The first-order valence-corrected chi connectivity index (χ1v) is 7.64.